The van der Waals surface area contributed by atoms with Gasteiger partial charge in [-0.15, -0.1) is 0 Å². The van der Waals surface area contributed by atoms with E-state index in [1.54, 1.807) is 0 Å². The highest BCUT2D eigenvalue weighted by molar-refractivity contribution is 6.55. The van der Waals surface area contributed by atoms with Crippen molar-refractivity contribution >= 4 is 19.0 Å². The second kappa shape index (κ2) is 6.85. The Kier molecular flexibility index (Phi) is 4.87. The van der Waals surface area contributed by atoms with E-state index < -0.39 is 18.3 Å². The standard InChI is InChI=1S/C19H24BN5O2/c1-18(2)19(3,4)27-20(26-18)15(11-22)9-13-5-7-16(8-6-13)25-17(23)14(10-21)12-24-25/h5-9,12H,11,22-23H2,1-4H3. The Morgan fingerprint density at radius 3 is 2.30 bits per heavy atom. The molecule has 8 heteroatoms. The number of nitrogens with zero attached hydrogens (tertiary/aromatic N) is 3. The normalized spacial score (nSPS) is 18.5. The van der Waals surface area contributed by atoms with Gasteiger partial charge < -0.3 is 20.8 Å². The van der Waals surface area contributed by atoms with Crippen LogP contribution >= 0.6 is 0 Å². The summed E-state index contributed by atoms with van der Waals surface area (Å²) in [6.07, 6.45) is 3.42. The molecule has 0 saturated carbocycles. The molecule has 1 saturated heterocycles. The number of hydrogen-bond acceptors (Lipinski definition) is 6. The Bertz CT molecular complexity index is 893. The number of nitriles is 1. The van der Waals surface area contributed by atoms with E-state index in [4.69, 9.17) is 26.0 Å². The van der Waals surface area contributed by atoms with Crippen molar-refractivity contribution in [1.82, 2.24) is 9.78 Å². The molecule has 140 valence electrons. The van der Waals surface area contributed by atoms with Crippen molar-refractivity contribution in [3.63, 3.8) is 0 Å². The van der Waals surface area contributed by atoms with E-state index in [1.165, 1.54) is 10.9 Å². The zero-order valence-corrected chi connectivity index (χ0v) is 16.1. The molecule has 1 aromatic heterocycles. The van der Waals surface area contributed by atoms with Crippen LogP contribution in [0, 0.1) is 11.3 Å². The summed E-state index contributed by atoms with van der Waals surface area (Å²) in [5, 5.41) is 13.2. The van der Waals surface area contributed by atoms with Crippen LogP contribution in [-0.2, 0) is 9.31 Å². The molecule has 4 N–H and O–H groups in total. The van der Waals surface area contributed by atoms with Crippen molar-refractivity contribution < 1.29 is 9.31 Å². The second-order valence-electron chi connectivity index (χ2n) is 7.57. The summed E-state index contributed by atoms with van der Waals surface area (Å²) in [5.41, 5.74) is 14.0. The summed E-state index contributed by atoms with van der Waals surface area (Å²) in [7, 11) is -0.473. The smallest absolute Gasteiger partial charge is 0.400 e. The minimum atomic E-state index is -0.473. The highest BCUT2D eigenvalue weighted by Crippen LogP contribution is 2.38. The first kappa shape index (κ1) is 19.2. The van der Waals surface area contributed by atoms with Gasteiger partial charge in [0.15, 0.2) is 0 Å². The molecule has 0 unspecified atom stereocenters. The summed E-state index contributed by atoms with van der Waals surface area (Å²) >= 11 is 0. The number of nitrogens with two attached hydrogens (primary N) is 2. The molecule has 27 heavy (non-hydrogen) atoms. The summed E-state index contributed by atoms with van der Waals surface area (Å²) in [6, 6.07) is 9.65. The molecule has 3 rings (SSSR count). The van der Waals surface area contributed by atoms with Gasteiger partial charge in [-0.3, -0.25) is 0 Å². The molecule has 2 heterocycles. The third-order valence-corrected chi connectivity index (χ3v) is 5.21. The van der Waals surface area contributed by atoms with Crippen molar-refractivity contribution in [2.45, 2.75) is 38.9 Å². The van der Waals surface area contributed by atoms with Crippen LogP contribution in [-0.4, -0.2) is 34.6 Å². The third-order valence-electron chi connectivity index (χ3n) is 5.21. The van der Waals surface area contributed by atoms with Crippen LogP contribution in [0.1, 0.15) is 38.8 Å². The van der Waals surface area contributed by atoms with Crippen LogP contribution in [0.15, 0.2) is 35.9 Å². The van der Waals surface area contributed by atoms with Crippen molar-refractivity contribution in [3.8, 4) is 11.8 Å². The first-order chi connectivity index (χ1) is 12.7. The fourth-order valence-corrected chi connectivity index (χ4v) is 2.79. The Labute approximate surface area is 159 Å². The number of rotatable bonds is 4. The maximum absolute atomic E-state index is 9.00. The molecule has 1 fully saturated rings. The van der Waals surface area contributed by atoms with Crippen molar-refractivity contribution in [2.24, 2.45) is 5.73 Å². The monoisotopic (exact) mass is 365 g/mol. The van der Waals surface area contributed by atoms with E-state index in [1.807, 2.05) is 64.1 Å². The largest absolute Gasteiger partial charge is 0.491 e. The highest BCUT2D eigenvalue weighted by atomic mass is 16.7. The maximum atomic E-state index is 9.00. The fourth-order valence-electron chi connectivity index (χ4n) is 2.79. The number of anilines is 1. The lowest BCUT2D eigenvalue weighted by molar-refractivity contribution is 0.00578. The van der Waals surface area contributed by atoms with E-state index in [0.29, 0.717) is 17.9 Å². The van der Waals surface area contributed by atoms with Gasteiger partial charge in [-0.05, 0) is 50.9 Å². The summed E-state index contributed by atoms with van der Waals surface area (Å²) in [5.74, 6) is 0.320. The molecular weight excluding hydrogens is 341 g/mol. The van der Waals surface area contributed by atoms with Gasteiger partial charge in [-0.2, -0.15) is 10.4 Å². The Hall–Kier alpha value is -2.60. The summed E-state index contributed by atoms with van der Waals surface area (Å²) in [4.78, 5) is 0. The van der Waals surface area contributed by atoms with Gasteiger partial charge >= 0.3 is 7.12 Å². The zero-order chi connectivity index (χ0) is 19.8. The van der Waals surface area contributed by atoms with E-state index in [-0.39, 0.29) is 0 Å². The lowest BCUT2D eigenvalue weighted by atomic mass is 9.77. The Morgan fingerprint density at radius 2 is 1.81 bits per heavy atom. The second-order valence-corrected chi connectivity index (χ2v) is 7.57. The van der Waals surface area contributed by atoms with Crippen LogP contribution in [0.2, 0.25) is 0 Å². The predicted molar refractivity (Wildman–Crippen MR) is 106 cm³/mol. The molecule has 7 nitrogen and oxygen atoms in total. The van der Waals surface area contributed by atoms with Gasteiger partial charge in [-0.1, -0.05) is 18.2 Å². The van der Waals surface area contributed by atoms with Crippen LogP contribution in [0.5, 0.6) is 0 Å². The van der Waals surface area contributed by atoms with E-state index in [2.05, 4.69) is 5.10 Å². The van der Waals surface area contributed by atoms with Crippen LogP contribution in [0.4, 0.5) is 5.82 Å². The average molecular weight is 365 g/mol. The molecule has 0 spiro atoms. The van der Waals surface area contributed by atoms with Crippen molar-refractivity contribution in [1.29, 1.82) is 5.26 Å². The maximum Gasteiger partial charge on any atom is 0.491 e. The van der Waals surface area contributed by atoms with Gasteiger partial charge in [0.05, 0.1) is 23.1 Å². The van der Waals surface area contributed by atoms with Gasteiger partial charge in [0.2, 0.25) is 0 Å². The van der Waals surface area contributed by atoms with Gasteiger partial charge in [-0.25, -0.2) is 4.68 Å². The molecule has 1 aliphatic rings. The van der Waals surface area contributed by atoms with Gasteiger partial charge in [0, 0.05) is 6.54 Å². The molecular formula is C19H24BN5O2. The van der Waals surface area contributed by atoms with E-state index in [0.717, 1.165) is 16.7 Å². The van der Waals surface area contributed by atoms with E-state index >= 15 is 0 Å². The minimum absolute atomic E-state index is 0.320. The topological polar surface area (TPSA) is 112 Å². The van der Waals surface area contributed by atoms with Crippen molar-refractivity contribution in [3.05, 3.63) is 47.1 Å². The lowest BCUT2D eigenvalue weighted by Gasteiger charge is -2.32. The SMILES string of the molecule is CC1(C)OB(C(=Cc2ccc(-n3ncc(C#N)c3N)cc2)CN)OC1(C)C. The Morgan fingerprint density at radius 1 is 1.22 bits per heavy atom. The van der Waals surface area contributed by atoms with Crippen LogP contribution in [0.3, 0.4) is 0 Å². The summed E-state index contributed by atoms with van der Waals surface area (Å²) < 4.78 is 13.7. The van der Waals surface area contributed by atoms with Gasteiger partial charge in [0.25, 0.3) is 0 Å². The first-order valence-electron chi connectivity index (χ1n) is 8.79. The average Bonchev–Trinajstić information content (AvgIpc) is 3.09. The molecule has 1 aromatic carbocycles. The molecule has 0 bridgehead atoms. The summed E-state index contributed by atoms with van der Waals surface area (Å²) in [6.45, 7) is 8.38. The number of benzene rings is 1. The lowest BCUT2D eigenvalue weighted by Crippen LogP contribution is -2.41. The molecule has 1 aliphatic heterocycles. The highest BCUT2D eigenvalue weighted by Gasteiger charge is 2.52. The van der Waals surface area contributed by atoms with Crippen LogP contribution in [0.25, 0.3) is 11.8 Å². The molecule has 0 aliphatic carbocycles. The van der Waals surface area contributed by atoms with Crippen LogP contribution < -0.4 is 11.5 Å². The minimum Gasteiger partial charge on any atom is -0.400 e. The van der Waals surface area contributed by atoms with Gasteiger partial charge in [0.1, 0.15) is 17.5 Å². The quantitative estimate of drug-likeness (QED) is 0.804. The number of nitrogen functional groups attached to an aromatic ring is 1. The zero-order valence-electron chi connectivity index (χ0n) is 16.1. The molecule has 0 amide bonds. The first-order valence-corrected chi connectivity index (χ1v) is 8.79. The Balaban J connectivity index is 1.84. The molecule has 2 aromatic rings. The number of aromatic nitrogens is 2. The third kappa shape index (κ3) is 3.49. The predicted octanol–water partition coefficient (Wildman–Crippen LogP) is 2.30. The molecule has 0 atom stereocenters. The molecule has 0 radical (unpaired) electrons. The van der Waals surface area contributed by atoms with Crippen molar-refractivity contribution in [2.75, 3.05) is 12.3 Å². The van der Waals surface area contributed by atoms with E-state index in [9.17, 15) is 0 Å². The fraction of sp³-hybridized carbons (Fsp3) is 0.368. The number of hydrogen-bond donors (Lipinski definition) is 2.